The number of hydrogen-bond donors (Lipinski definition) is 1. The quantitative estimate of drug-likeness (QED) is 0.846. The molecule has 1 radical (unpaired) electrons. The van der Waals surface area contributed by atoms with E-state index in [2.05, 4.69) is 74.6 Å². The molecule has 2 heteroatoms. The van der Waals surface area contributed by atoms with Crippen LogP contribution in [0.5, 0.6) is 0 Å². The average Bonchev–Trinajstić information content (AvgIpc) is 2.42. The number of hydrogen-bond acceptors (Lipinski definition) is 1. The summed E-state index contributed by atoms with van der Waals surface area (Å²) in [7, 11) is 0. The van der Waals surface area contributed by atoms with E-state index in [1.54, 1.807) is 0 Å². The van der Waals surface area contributed by atoms with Crippen LogP contribution < -0.4 is 5.32 Å². The van der Waals surface area contributed by atoms with Gasteiger partial charge in [-0.1, -0.05) is 49.4 Å². The minimum atomic E-state index is 0. The number of aryl methyl sites for hydroxylation is 1. The molecule has 2 aromatic rings. The van der Waals surface area contributed by atoms with Crippen molar-refractivity contribution in [3.05, 3.63) is 65.7 Å². The van der Waals surface area contributed by atoms with E-state index in [-0.39, 0.29) is 18.6 Å². The Hall–Kier alpha value is -1.18. The van der Waals surface area contributed by atoms with Crippen molar-refractivity contribution < 1.29 is 18.6 Å². The van der Waals surface area contributed by atoms with Gasteiger partial charge in [-0.2, -0.15) is 0 Å². The second kappa shape index (κ2) is 8.19. The molecule has 0 aliphatic carbocycles. The van der Waals surface area contributed by atoms with Crippen LogP contribution in [0.3, 0.4) is 0 Å². The molecular weight excluding hydrogens is 281 g/mol. The van der Waals surface area contributed by atoms with Crippen LogP contribution in [0.1, 0.15) is 25.0 Å². The molecule has 0 fully saturated rings. The van der Waals surface area contributed by atoms with Crippen LogP contribution in [0.15, 0.2) is 54.6 Å². The zero-order valence-electron chi connectivity index (χ0n) is 12.5. The van der Waals surface area contributed by atoms with Crippen molar-refractivity contribution in [3.8, 4) is 0 Å². The van der Waals surface area contributed by atoms with E-state index in [4.69, 9.17) is 0 Å². The molecule has 0 heterocycles. The van der Waals surface area contributed by atoms with Crippen molar-refractivity contribution >= 4 is 5.69 Å². The van der Waals surface area contributed by atoms with Crippen LogP contribution >= 0.6 is 0 Å². The number of para-hydroxylation sites is 1. The SMILES string of the molecule is Cc1ccccc1CC(C)C(C)Nc1ccccc1.[V]. The molecule has 0 saturated carbocycles. The third kappa shape index (κ3) is 4.74. The average molecular weight is 304 g/mol. The maximum atomic E-state index is 3.58. The summed E-state index contributed by atoms with van der Waals surface area (Å²) in [5.41, 5.74) is 4.05. The van der Waals surface area contributed by atoms with E-state index < -0.39 is 0 Å². The van der Waals surface area contributed by atoms with E-state index in [0.717, 1.165) is 6.42 Å². The summed E-state index contributed by atoms with van der Waals surface area (Å²) in [5, 5.41) is 3.58. The molecule has 0 aliphatic heterocycles. The van der Waals surface area contributed by atoms with E-state index in [1.807, 2.05) is 6.07 Å². The molecule has 0 bridgehead atoms. The largest absolute Gasteiger partial charge is 0.382 e. The molecule has 2 unspecified atom stereocenters. The first kappa shape index (κ1) is 16.9. The molecule has 105 valence electrons. The van der Waals surface area contributed by atoms with Gasteiger partial charge in [0, 0.05) is 30.3 Å². The van der Waals surface area contributed by atoms with Crippen molar-refractivity contribution in [3.63, 3.8) is 0 Å². The van der Waals surface area contributed by atoms with Crippen LogP contribution in [0.4, 0.5) is 5.69 Å². The first-order valence-corrected chi connectivity index (χ1v) is 7.03. The zero-order chi connectivity index (χ0) is 13.7. The Morgan fingerprint density at radius 2 is 1.50 bits per heavy atom. The third-order valence-corrected chi connectivity index (χ3v) is 3.82. The molecule has 2 atom stereocenters. The van der Waals surface area contributed by atoms with Gasteiger partial charge in [0.25, 0.3) is 0 Å². The van der Waals surface area contributed by atoms with Crippen LogP contribution in [-0.2, 0) is 25.0 Å². The first-order chi connectivity index (χ1) is 9.16. The van der Waals surface area contributed by atoms with Gasteiger partial charge in [0.2, 0.25) is 0 Å². The number of anilines is 1. The Morgan fingerprint density at radius 3 is 2.15 bits per heavy atom. The van der Waals surface area contributed by atoms with Gasteiger partial charge >= 0.3 is 0 Å². The van der Waals surface area contributed by atoms with E-state index in [1.165, 1.54) is 16.8 Å². The second-order valence-corrected chi connectivity index (χ2v) is 5.41. The zero-order valence-corrected chi connectivity index (χ0v) is 13.9. The molecule has 1 N–H and O–H groups in total. The van der Waals surface area contributed by atoms with Gasteiger partial charge in [-0.05, 0) is 49.4 Å². The van der Waals surface area contributed by atoms with Gasteiger partial charge in [-0.15, -0.1) is 0 Å². The third-order valence-electron chi connectivity index (χ3n) is 3.82. The summed E-state index contributed by atoms with van der Waals surface area (Å²) < 4.78 is 0. The fourth-order valence-corrected chi connectivity index (χ4v) is 2.30. The Labute approximate surface area is 134 Å². The van der Waals surface area contributed by atoms with Gasteiger partial charge in [-0.25, -0.2) is 0 Å². The summed E-state index contributed by atoms with van der Waals surface area (Å²) in [6.45, 7) is 6.76. The summed E-state index contributed by atoms with van der Waals surface area (Å²) in [6, 6.07) is 19.6. The fourth-order valence-electron chi connectivity index (χ4n) is 2.30. The number of rotatable bonds is 5. The molecular formula is C18H23NV. The Morgan fingerprint density at radius 1 is 0.900 bits per heavy atom. The predicted octanol–water partition coefficient (Wildman–Crippen LogP) is 4.67. The van der Waals surface area contributed by atoms with Crippen LogP contribution in [0.25, 0.3) is 0 Å². The van der Waals surface area contributed by atoms with Crippen molar-refractivity contribution in [1.29, 1.82) is 0 Å². The number of nitrogens with one attached hydrogen (secondary N) is 1. The van der Waals surface area contributed by atoms with Gasteiger partial charge in [0.05, 0.1) is 0 Å². The molecule has 0 saturated heterocycles. The summed E-state index contributed by atoms with van der Waals surface area (Å²) in [6.07, 6.45) is 1.12. The Kier molecular flexibility index (Phi) is 6.91. The normalized spacial score (nSPS) is 13.2. The van der Waals surface area contributed by atoms with Gasteiger partial charge in [0.1, 0.15) is 0 Å². The summed E-state index contributed by atoms with van der Waals surface area (Å²) in [4.78, 5) is 0. The van der Waals surface area contributed by atoms with Crippen molar-refractivity contribution in [1.82, 2.24) is 0 Å². The molecule has 0 amide bonds. The maximum Gasteiger partial charge on any atom is 0.0342 e. The van der Waals surface area contributed by atoms with Crippen LogP contribution in [0.2, 0.25) is 0 Å². The minimum Gasteiger partial charge on any atom is -0.382 e. The Bertz CT molecular complexity index is 510. The van der Waals surface area contributed by atoms with Crippen molar-refractivity contribution in [2.75, 3.05) is 5.32 Å². The fraction of sp³-hybridized carbons (Fsp3) is 0.333. The molecule has 2 rings (SSSR count). The van der Waals surface area contributed by atoms with E-state index in [0.29, 0.717) is 12.0 Å². The number of benzene rings is 2. The maximum absolute atomic E-state index is 3.58. The molecule has 1 nitrogen and oxygen atoms in total. The molecule has 0 aliphatic rings. The molecule has 0 spiro atoms. The Balaban J connectivity index is 0.00000200. The van der Waals surface area contributed by atoms with Gasteiger partial charge in [-0.3, -0.25) is 0 Å². The molecule has 20 heavy (non-hydrogen) atoms. The summed E-state index contributed by atoms with van der Waals surface area (Å²) >= 11 is 0. The topological polar surface area (TPSA) is 12.0 Å². The standard InChI is InChI=1S/C18H23N.V/c1-14-9-7-8-10-17(14)13-15(2)16(3)19-18-11-5-4-6-12-18;/h4-12,15-16,19H,13H2,1-3H3;. The smallest absolute Gasteiger partial charge is 0.0342 e. The van der Waals surface area contributed by atoms with Crippen molar-refractivity contribution in [2.24, 2.45) is 5.92 Å². The predicted molar refractivity (Wildman–Crippen MR) is 83.6 cm³/mol. The van der Waals surface area contributed by atoms with Gasteiger partial charge < -0.3 is 5.32 Å². The minimum absolute atomic E-state index is 0. The van der Waals surface area contributed by atoms with E-state index >= 15 is 0 Å². The van der Waals surface area contributed by atoms with E-state index in [9.17, 15) is 0 Å². The second-order valence-electron chi connectivity index (χ2n) is 5.41. The summed E-state index contributed by atoms with van der Waals surface area (Å²) in [5.74, 6) is 0.598. The monoisotopic (exact) mass is 304 g/mol. The first-order valence-electron chi connectivity index (χ1n) is 7.03. The molecule has 0 aromatic heterocycles. The van der Waals surface area contributed by atoms with Crippen LogP contribution in [-0.4, -0.2) is 6.04 Å². The van der Waals surface area contributed by atoms with Gasteiger partial charge in [0.15, 0.2) is 0 Å². The van der Waals surface area contributed by atoms with Crippen molar-refractivity contribution in [2.45, 2.75) is 33.2 Å². The van der Waals surface area contributed by atoms with Crippen LogP contribution in [0, 0.1) is 12.8 Å². The molecule has 2 aromatic carbocycles.